The molecule has 0 aromatic carbocycles. The molecule has 0 aromatic rings. The Morgan fingerprint density at radius 3 is 1.73 bits per heavy atom. The Morgan fingerprint density at radius 2 is 1.20 bits per heavy atom. The molecule has 1 aliphatic heterocycles. The molecule has 1 aliphatic rings. The van der Waals surface area contributed by atoms with Gasteiger partial charge in [0.1, 0.15) is 30.5 Å². The van der Waals surface area contributed by atoms with Gasteiger partial charge in [-0.25, -0.2) is 4.18 Å². The lowest BCUT2D eigenvalue weighted by Crippen LogP contribution is -2.61. The zero-order valence-corrected chi connectivity index (χ0v) is 34.9. The summed E-state index contributed by atoms with van der Waals surface area (Å²) in [5, 5.41) is 54.8. The van der Waals surface area contributed by atoms with Crippen molar-refractivity contribution in [3.05, 3.63) is 48.6 Å². The number of hydrogen-bond donors (Lipinski definition) is 7. The molecule has 1 rings (SSSR count). The topological polar surface area (TPSA) is 212 Å². The van der Waals surface area contributed by atoms with Crippen molar-refractivity contribution in [2.24, 2.45) is 0 Å². The number of unbranched alkanes of at least 4 members (excludes halogenated alkanes) is 15. The van der Waals surface area contributed by atoms with Gasteiger partial charge in [0.05, 0.1) is 25.4 Å². The zero-order chi connectivity index (χ0) is 41.4. The van der Waals surface area contributed by atoms with E-state index in [0.717, 1.165) is 51.4 Å². The van der Waals surface area contributed by atoms with Gasteiger partial charge in [0.2, 0.25) is 5.91 Å². The van der Waals surface area contributed by atoms with Crippen LogP contribution in [-0.4, -0.2) is 107 Å². The number of carbonyl (C=O) groups excluding carboxylic acids is 1. The van der Waals surface area contributed by atoms with Crippen molar-refractivity contribution in [2.45, 2.75) is 198 Å². The standard InChI is InChI=1S/C42H75NO12S/c1-3-5-7-9-11-13-14-15-16-17-18-19-20-21-22-23-25-26-28-30-35(45)34(43-41(49)36(46)31-29-27-24-12-10-8-6-4-2)33-53-42-39(48)40(55-56(50,51)52)38(47)37(32-44)54-42/h18-19,22-24,27-28,30,34-40,42,44-48H,3-17,20-21,25-26,29,31-33H2,1-2H3,(H,43,49)(H,50,51,52)/b19-18+,23-22+,27-24-,30-28+. The molecule has 14 heteroatoms. The van der Waals surface area contributed by atoms with Gasteiger partial charge in [0.15, 0.2) is 6.29 Å². The average Bonchev–Trinajstić information content (AvgIpc) is 3.16. The molecule has 0 radical (unpaired) electrons. The van der Waals surface area contributed by atoms with E-state index in [0.29, 0.717) is 12.8 Å². The molecule has 326 valence electrons. The highest BCUT2D eigenvalue weighted by molar-refractivity contribution is 7.80. The van der Waals surface area contributed by atoms with Crippen molar-refractivity contribution < 1.29 is 57.0 Å². The first-order chi connectivity index (χ1) is 26.9. The van der Waals surface area contributed by atoms with Crippen molar-refractivity contribution >= 4 is 16.3 Å². The fourth-order valence-electron chi connectivity index (χ4n) is 6.26. The number of allylic oxidation sites excluding steroid dienone is 7. The van der Waals surface area contributed by atoms with E-state index in [1.165, 1.54) is 70.3 Å². The second kappa shape index (κ2) is 32.9. The van der Waals surface area contributed by atoms with E-state index in [4.69, 9.17) is 14.0 Å². The lowest BCUT2D eigenvalue weighted by molar-refractivity contribution is -0.298. The first kappa shape index (κ1) is 52.0. The Bertz CT molecular complexity index is 1210. The van der Waals surface area contributed by atoms with Crippen LogP contribution in [0.1, 0.15) is 149 Å². The molecule has 0 aliphatic carbocycles. The van der Waals surface area contributed by atoms with Crippen LogP contribution in [0.25, 0.3) is 0 Å². The molecule has 7 N–H and O–H groups in total. The molecule has 1 saturated heterocycles. The number of rotatable bonds is 34. The van der Waals surface area contributed by atoms with Crippen molar-refractivity contribution in [1.82, 2.24) is 5.32 Å². The summed E-state index contributed by atoms with van der Waals surface area (Å²) in [5.41, 5.74) is 0. The van der Waals surface area contributed by atoms with Gasteiger partial charge in [-0.15, -0.1) is 0 Å². The Kier molecular flexibility index (Phi) is 30.6. The maximum Gasteiger partial charge on any atom is 0.397 e. The maximum atomic E-state index is 13.0. The van der Waals surface area contributed by atoms with Gasteiger partial charge in [0.25, 0.3) is 0 Å². The molecule has 0 bridgehead atoms. The molecule has 1 heterocycles. The zero-order valence-electron chi connectivity index (χ0n) is 34.0. The lowest BCUT2D eigenvalue weighted by Gasteiger charge is -2.41. The summed E-state index contributed by atoms with van der Waals surface area (Å²) in [5.74, 6) is -0.756. The van der Waals surface area contributed by atoms with E-state index >= 15 is 0 Å². The minimum absolute atomic E-state index is 0.146. The van der Waals surface area contributed by atoms with Crippen molar-refractivity contribution in [1.29, 1.82) is 0 Å². The Labute approximate surface area is 337 Å². The summed E-state index contributed by atoms with van der Waals surface area (Å²) < 4.78 is 47.3. The van der Waals surface area contributed by atoms with Crippen LogP contribution in [-0.2, 0) is 28.9 Å². The van der Waals surface area contributed by atoms with Crippen molar-refractivity contribution in [3.8, 4) is 0 Å². The van der Waals surface area contributed by atoms with Gasteiger partial charge in [-0.2, -0.15) is 8.42 Å². The van der Waals surface area contributed by atoms with Crippen molar-refractivity contribution in [3.63, 3.8) is 0 Å². The fourth-order valence-corrected chi connectivity index (χ4v) is 6.77. The highest BCUT2D eigenvalue weighted by Crippen LogP contribution is 2.26. The molecule has 13 nitrogen and oxygen atoms in total. The lowest BCUT2D eigenvalue weighted by atomic mass is 9.99. The summed E-state index contributed by atoms with van der Waals surface area (Å²) in [4.78, 5) is 13.0. The van der Waals surface area contributed by atoms with Crippen LogP contribution in [0.5, 0.6) is 0 Å². The van der Waals surface area contributed by atoms with E-state index in [2.05, 4.69) is 47.7 Å². The molecule has 0 spiro atoms. The molecule has 0 saturated carbocycles. The van der Waals surface area contributed by atoms with E-state index in [-0.39, 0.29) is 6.42 Å². The predicted octanol–water partition coefficient (Wildman–Crippen LogP) is 6.29. The maximum absolute atomic E-state index is 13.0. The SMILES string of the molecule is CCCCCC/C=C\CCC(O)C(=O)NC(COC1OC(CO)C(O)C(OS(=O)(=O)O)C1O)C(O)/C=C/CC/C=C/CC/C=C/CCCCCCCCCCC. The molecule has 1 fully saturated rings. The number of aliphatic hydroxyl groups excluding tert-OH is 5. The van der Waals surface area contributed by atoms with Gasteiger partial charge < -0.3 is 40.3 Å². The molecule has 0 aromatic heterocycles. The number of carbonyl (C=O) groups is 1. The van der Waals surface area contributed by atoms with E-state index < -0.39 is 78.5 Å². The van der Waals surface area contributed by atoms with Gasteiger partial charge in [-0.3, -0.25) is 9.35 Å². The van der Waals surface area contributed by atoms with Crippen LogP contribution in [0.2, 0.25) is 0 Å². The molecule has 8 unspecified atom stereocenters. The van der Waals surface area contributed by atoms with Crippen LogP contribution in [0, 0.1) is 0 Å². The quantitative estimate of drug-likeness (QED) is 0.0217. The highest BCUT2D eigenvalue weighted by Gasteiger charge is 2.48. The van der Waals surface area contributed by atoms with Gasteiger partial charge in [-0.1, -0.05) is 133 Å². The minimum atomic E-state index is -5.12. The summed E-state index contributed by atoms with van der Waals surface area (Å²) in [6.07, 6.45) is 26.7. The minimum Gasteiger partial charge on any atom is -0.394 e. The number of nitrogens with one attached hydrogen (secondary N) is 1. The van der Waals surface area contributed by atoms with Crippen LogP contribution < -0.4 is 5.32 Å². The predicted molar refractivity (Wildman–Crippen MR) is 219 cm³/mol. The number of ether oxygens (including phenoxy) is 2. The molecule has 56 heavy (non-hydrogen) atoms. The third kappa shape index (κ3) is 25.4. The largest absolute Gasteiger partial charge is 0.397 e. The van der Waals surface area contributed by atoms with Crippen molar-refractivity contribution in [2.75, 3.05) is 13.2 Å². The van der Waals surface area contributed by atoms with E-state index in [1.54, 1.807) is 6.08 Å². The van der Waals surface area contributed by atoms with Gasteiger partial charge in [0, 0.05) is 0 Å². The number of amides is 1. The first-order valence-electron chi connectivity index (χ1n) is 21.1. The second-order valence-corrected chi connectivity index (χ2v) is 15.7. The Balaban J connectivity index is 2.67. The van der Waals surface area contributed by atoms with E-state index in [1.807, 2.05) is 12.2 Å². The monoisotopic (exact) mass is 818 g/mol. The summed E-state index contributed by atoms with van der Waals surface area (Å²) in [6, 6.07) is -1.16. The third-order valence-electron chi connectivity index (χ3n) is 9.68. The Hall–Kier alpha value is -1.98. The molecule has 8 atom stereocenters. The summed E-state index contributed by atoms with van der Waals surface area (Å²) >= 11 is 0. The first-order valence-corrected chi connectivity index (χ1v) is 22.5. The average molecular weight is 818 g/mol. The van der Waals surface area contributed by atoms with Crippen LogP contribution in [0.4, 0.5) is 0 Å². The molecule has 1 amide bonds. The van der Waals surface area contributed by atoms with E-state index in [9.17, 15) is 38.7 Å². The van der Waals surface area contributed by atoms with Crippen LogP contribution in [0.3, 0.4) is 0 Å². The summed E-state index contributed by atoms with van der Waals surface area (Å²) in [6.45, 7) is 3.09. The fraction of sp³-hybridized carbons (Fsp3) is 0.786. The van der Waals surface area contributed by atoms with Crippen LogP contribution >= 0.6 is 0 Å². The van der Waals surface area contributed by atoms with Gasteiger partial charge >= 0.3 is 10.4 Å². The second-order valence-electron chi connectivity index (χ2n) is 14.7. The van der Waals surface area contributed by atoms with Crippen LogP contribution in [0.15, 0.2) is 48.6 Å². The number of aliphatic hydroxyl groups is 5. The third-order valence-corrected chi connectivity index (χ3v) is 10.1. The normalized spacial score (nSPS) is 22.5. The smallest absolute Gasteiger partial charge is 0.394 e. The summed E-state index contributed by atoms with van der Waals surface area (Å²) in [7, 11) is -5.12. The Morgan fingerprint density at radius 1 is 0.714 bits per heavy atom. The number of hydrogen-bond acceptors (Lipinski definition) is 11. The molecular formula is C42H75NO12S. The van der Waals surface area contributed by atoms with Gasteiger partial charge in [-0.05, 0) is 64.2 Å². The highest BCUT2D eigenvalue weighted by atomic mass is 32.3. The molecular weight excluding hydrogens is 743 g/mol.